The quantitative estimate of drug-likeness (QED) is 0.585. The number of rotatable bonds is 4. The number of likely N-dealkylation sites (tertiary alicyclic amines) is 1. The Kier molecular flexibility index (Phi) is 5.57. The predicted molar refractivity (Wildman–Crippen MR) is 130 cm³/mol. The van der Waals surface area contributed by atoms with Gasteiger partial charge in [-0.3, -0.25) is 14.7 Å². The molecule has 184 valence electrons. The molecule has 10 heteroatoms. The van der Waals surface area contributed by atoms with E-state index in [1.54, 1.807) is 6.33 Å². The molecule has 2 N–H and O–H groups in total. The van der Waals surface area contributed by atoms with E-state index in [4.69, 9.17) is 0 Å². The first-order chi connectivity index (χ1) is 17.0. The van der Waals surface area contributed by atoms with Crippen molar-refractivity contribution in [1.82, 2.24) is 28.9 Å². The maximum Gasteiger partial charge on any atom is 0.338 e. The highest BCUT2D eigenvalue weighted by atomic mass is 16.3. The molecule has 5 heterocycles. The van der Waals surface area contributed by atoms with Crippen LogP contribution in [0.25, 0.3) is 11.2 Å². The highest BCUT2D eigenvalue weighted by molar-refractivity contribution is 5.86. The van der Waals surface area contributed by atoms with Gasteiger partial charge in [-0.25, -0.2) is 14.6 Å². The molecule has 3 atom stereocenters. The lowest BCUT2D eigenvalue weighted by Crippen LogP contribution is -2.45. The standard InChI is InChI=1S/C25H30N6O4/c32-20-9-10-28(14-20)25(35)31-23-21(22(33)27-24(31)34)26-15-30(23)19-12-17-6-7-18(13-19)29(17)11-8-16-4-2-1-3-5-16/h1-5,15,17-20,32H,6-14H2,(H,27,33,34). The molecule has 35 heavy (non-hydrogen) atoms. The van der Waals surface area contributed by atoms with Gasteiger partial charge in [-0.05, 0) is 44.1 Å². The second-order valence-corrected chi connectivity index (χ2v) is 10.1. The van der Waals surface area contributed by atoms with Crippen LogP contribution < -0.4 is 11.2 Å². The Balaban J connectivity index is 1.30. The molecule has 3 aromatic rings. The van der Waals surface area contributed by atoms with Crippen molar-refractivity contribution in [3.05, 3.63) is 63.1 Å². The molecule has 1 aromatic carbocycles. The maximum atomic E-state index is 13.3. The van der Waals surface area contributed by atoms with Crippen molar-refractivity contribution >= 4 is 17.2 Å². The molecule has 3 aliphatic rings. The summed E-state index contributed by atoms with van der Waals surface area (Å²) >= 11 is 0. The number of nitrogens with one attached hydrogen (secondary N) is 1. The molecule has 3 unspecified atom stereocenters. The van der Waals surface area contributed by atoms with Gasteiger partial charge in [0.25, 0.3) is 5.56 Å². The minimum Gasteiger partial charge on any atom is -0.391 e. The van der Waals surface area contributed by atoms with Crippen LogP contribution in [0.4, 0.5) is 4.79 Å². The molecule has 3 fully saturated rings. The molecular formula is C25H30N6O4. The Hall–Kier alpha value is -3.24. The van der Waals surface area contributed by atoms with Gasteiger partial charge in [-0.15, -0.1) is 0 Å². The van der Waals surface area contributed by atoms with E-state index < -0.39 is 23.4 Å². The number of benzene rings is 1. The van der Waals surface area contributed by atoms with E-state index >= 15 is 0 Å². The van der Waals surface area contributed by atoms with Crippen LogP contribution in [0.5, 0.6) is 0 Å². The average Bonchev–Trinajstić information content (AvgIpc) is 3.54. The van der Waals surface area contributed by atoms with Crippen LogP contribution in [0.15, 0.2) is 46.2 Å². The summed E-state index contributed by atoms with van der Waals surface area (Å²) < 4.78 is 2.90. The van der Waals surface area contributed by atoms with Crippen molar-refractivity contribution in [3.8, 4) is 0 Å². The van der Waals surface area contributed by atoms with E-state index in [2.05, 4.69) is 39.1 Å². The average molecular weight is 479 g/mol. The minimum absolute atomic E-state index is 0.0508. The molecule has 0 saturated carbocycles. The van der Waals surface area contributed by atoms with Crippen LogP contribution in [0.1, 0.15) is 43.7 Å². The molecule has 0 spiro atoms. The van der Waals surface area contributed by atoms with E-state index in [-0.39, 0.29) is 23.8 Å². The topological polar surface area (TPSA) is 116 Å². The van der Waals surface area contributed by atoms with E-state index in [9.17, 15) is 19.5 Å². The Labute approximate surface area is 201 Å². The third-order valence-corrected chi connectivity index (χ3v) is 8.00. The summed E-state index contributed by atoms with van der Waals surface area (Å²) in [4.78, 5) is 49.3. The largest absolute Gasteiger partial charge is 0.391 e. The first-order valence-corrected chi connectivity index (χ1v) is 12.5. The van der Waals surface area contributed by atoms with Crippen molar-refractivity contribution in [2.45, 2.75) is 62.8 Å². The van der Waals surface area contributed by atoms with E-state index in [0.29, 0.717) is 25.0 Å². The normalized spacial score (nSPS) is 26.6. The number of imidazole rings is 1. The number of hydrogen-bond donors (Lipinski definition) is 2. The Morgan fingerprint density at radius 1 is 1.06 bits per heavy atom. The van der Waals surface area contributed by atoms with Gasteiger partial charge >= 0.3 is 11.7 Å². The lowest BCUT2D eigenvalue weighted by molar-refractivity contribution is 0.109. The van der Waals surface area contributed by atoms with Gasteiger partial charge in [0.15, 0.2) is 11.2 Å². The van der Waals surface area contributed by atoms with Crippen LogP contribution in [-0.2, 0) is 6.42 Å². The molecule has 3 saturated heterocycles. The number of aromatic amines is 1. The number of fused-ring (bicyclic) bond motifs is 3. The number of carbonyl (C=O) groups is 1. The zero-order chi connectivity index (χ0) is 24.1. The number of nitrogens with zero attached hydrogens (tertiary/aromatic N) is 5. The van der Waals surface area contributed by atoms with E-state index in [1.807, 2.05) is 10.6 Å². The smallest absolute Gasteiger partial charge is 0.338 e. The minimum atomic E-state index is -0.765. The summed E-state index contributed by atoms with van der Waals surface area (Å²) in [6.45, 7) is 1.55. The van der Waals surface area contributed by atoms with Crippen molar-refractivity contribution in [2.75, 3.05) is 19.6 Å². The zero-order valence-electron chi connectivity index (χ0n) is 19.5. The van der Waals surface area contributed by atoms with Gasteiger partial charge in [0.2, 0.25) is 0 Å². The zero-order valence-corrected chi connectivity index (χ0v) is 19.5. The lowest BCUT2D eigenvalue weighted by Gasteiger charge is -2.39. The highest BCUT2D eigenvalue weighted by Crippen LogP contribution is 2.41. The van der Waals surface area contributed by atoms with Crippen molar-refractivity contribution in [3.63, 3.8) is 0 Å². The Bertz CT molecular complexity index is 1350. The second-order valence-electron chi connectivity index (χ2n) is 10.1. The monoisotopic (exact) mass is 478 g/mol. The summed E-state index contributed by atoms with van der Waals surface area (Å²) in [7, 11) is 0. The number of aliphatic hydroxyl groups excluding tert-OH is 1. The second kappa shape index (κ2) is 8.76. The fourth-order valence-corrected chi connectivity index (χ4v) is 6.29. The first-order valence-electron chi connectivity index (χ1n) is 12.5. The predicted octanol–water partition coefficient (Wildman–Crippen LogP) is 1.33. The summed E-state index contributed by atoms with van der Waals surface area (Å²) in [6, 6.07) is 10.9. The number of aromatic nitrogens is 4. The van der Waals surface area contributed by atoms with Crippen LogP contribution in [0.2, 0.25) is 0 Å². The fourth-order valence-electron chi connectivity index (χ4n) is 6.29. The number of amides is 1. The van der Waals surface area contributed by atoms with Gasteiger partial charge in [0.1, 0.15) is 0 Å². The van der Waals surface area contributed by atoms with Gasteiger partial charge in [-0.2, -0.15) is 4.57 Å². The molecule has 0 aliphatic carbocycles. The summed E-state index contributed by atoms with van der Waals surface area (Å²) in [5.41, 5.74) is 0.337. The van der Waals surface area contributed by atoms with Crippen molar-refractivity contribution < 1.29 is 9.90 Å². The van der Waals surface area contributed by atoms with Crippen molar-refractivity contribution in [2.24, 2.45) is 0 Å². The first kappa shape index (κ1) is 22.2. The number of hydrogen-bond acceptors (Lipinski definition) is 6. The molecular weight excluding hydrogens is 448 g/mol. The third kappa shape index (κ3) is 3.90. The third-order valence-electron chi connectivity index (χ3n) is 8.00. The molecule has 6 rings (SSSR count). The van der Waals surface area contributed by atoms with Gasteiger partial charge in [0.05, 0.1) is 12.4 Å². The number of β-amino-alcohol motifs (C(OH)–C–C–N with tert-alkyl or cyclic N) is 1. The SMILES string of the molecule is O=C(N1CCC(O)C1)n1c(=O)[nH]c(=O)c2ncn(C3CC4CCC(C3)N4CCc3ccccc3)c21. The summed E-state index contributed by atoms with van der Waals surface area (Å²) in [5.74, 6) is 0. The van der Waals surface area contributed by atoms with Crippen LogP contribution in [0.3, 0.4) is 0 Å². The van der Waals surface area contributed by atoms with E-state index in [0.717, 1.165) is 43.2 Å². The van der Waals surface area contributed by atoms with Gasteiger partial charge < -0.3 is 14.6 Å². The molecule has 3 aliphatic heterocycles. The Morgan fingerprint density at radius 2 is 1.80 bits per heavy atom. The number of H-pyrrole nitrogens is 1. The van der Waals surface area contributed by atoms with Gasteiger partial charge in [0, 0.05) is 37.8 Å². The highest BCUT2D eigenvalue weighted by Gasteiger charge is 2.41. The molecule has 0 radical (unpaired) electrons. The van der Waals surface area contributed by atoms with Crippen LogP contribution in [-0.4, -0.2) is 77.9 Å². The fraction of sp³-hybridized carbons (Fsp3) is 0.520. The number of piperidine rings is 1. The molecule has 1 amide bonds. The number of aliphatic hydroxyl groups is 1. The molecule has 2 bridgehead atoms. The van der Waals surface area contributed by atoms with Crippen LogP contribution >= 0.6 is 0 Å². The molecule has 2 aromatic heterocycles. The van der Waals surface area contributed by atoms with Crippen molar-refractivity contribution in [1.29, 1.82) is 0 Å². The summed E-state index contributed by atoms with van der Waals surface area (Å²) in [6.07, 6.45) is 6.50. The molecule has 10 nitrogen and oxygen atoms in total. The maximum absolute atomic E-state index is 13.3. The van der Waals surface area contributed by atoms with Crippen LogP contribution in [0, 0.1) is 0 Å². The summed E-state index contributed by atoms with van der Waals surface area (Å²) in [5, 5.41) is 9.89. The van der Waals surface area contributed by atoms with Gasteiger partial charge in [-0.1, -0.05) is 30.3 Å². The lowest BCUT2D eigenvalue weighted by atomic mass is 9.96. The Morgan fingerprint density at radius 3 is 2.49 bits per heavy atom. The van der Waals surface area contributed by atoms with E-state index in [1.165, 1.54) is 10.5 Å². The number of carbonyl (C=O) groups excluding carboxylic acids is 1.